The van der Waals surface area contributed by atoms with E-state index in [1.54, 1.807) is 50.2 Å². The van der Waals surface area contributed by atoms with Gasteiger partial charge in [-0.05, 0) is 31.2 Å². The van der Waals surface area contributed by atoms with Crippen molar-refractivity contribution in [1.82, 2.24) is 0 Å². The van der Waals surface area contributed by atoms with Gasteiger partial charge < -0.3 is 14.3 Å². The Morgan fingerprint density at radius 2 is 2.08 bits per heavy atom. The van der Waals surface area contributed by atoms with Gasteiger partial charge in [0.05, 0.1) is 12.7 Å². The average molecular weight is 341 g/mol. The Kier molecular flexibility index (Phi) is 4.35. The molecule has 0 fully saturated rings. The van der Waals surface area contributed by atoms with E-state index in [0.29, 0.717) is 23.0 Å². The van der Waals surface area contributed by atoms with Gasteiger partial charge in [0.1, 0.15) is 23.3 Å². The van der Waals surface area contributed by atoms with Crippen molar-refractivity contribution in [3.8, 4) is 5.75 Å². The number of nitrogens with zero attached hydrogens (tertiary/aromatic N) is 1. The van der Waals surface area contributed by atoms with Crippen molar-refractivity contribution in [3.63, 3.8) is 0 Å². The highest BCUT2D eigenvalue weighted by atomic mass is 16.5. The zero-order valence-corrected chi connectivity index (χ0v) is 14.3. The summed E-state index contributed by atoms with van der Waals surface area (Å²) >= 11 is 0. The second kappa shape index (κ2) is 6.47. The van der Waals surface area contributed by atoms with Crippen molar-refractivity contribution in [3.05, 3.63) is 59.3 Å². The molecule has 1 unspecified atom stereocenters. The fraction of sp³-hybridized carbons (Fsp3) is 0.263. The van der Waals surface area contributed by atoms with Gasteiger partial charge in [0.15, 0.2) is 11.5 Å². The van der Waals surface area contributed by atoms with Gasteiger partial charge in [-0.15, -0.1) is 0 Å². The molecule has 1 aromatic carbocycles. The second-order valence-electron chi connectivity index (χ2n) is 5.77. The molecule has 1 aliphatic rings. The highest BCUT2D eigenvalue weighted by molar-refractivity contribution is 6.16. The van der Waals surface area contributed by atoms with Crippen LogP contribution in [0.4, 0.5) is 5.69 Å². The number of rotatable bonds is 5. The van der Waals surface area contributed by atoms with Gasteiger partial charge in [-0.25, -0.2) is 0 Å². The van der Waals surface area contributed by atoms with E-state index in [1.165, 1.54) is 12.0 Å². The quantitative estimate of drug-likeness (QED) is 0.900. The molecule has 0 saturated carbocycles. The molecule has 0 aliphatic carbocycles. The molecule has 1 amide bonds. The van der Waals surface area contributed by atoms with E-state index in [1.807, 2.05) is 0 Å². The fourth-order valence-electron chi connectivity index (χ4n) is 2.98. The van der Waals surface area contributed by atoms with Crippen LogP contribution in [0.15, 0.2) is 52.1 Å². The number of carbonyl (C=O) groups excluding carboxylic acids is 2. The summed E-state index contributed by atoms with van der Waals surface area (Å²) in [5.41, 5.74) is 0.568. The first-order chi connectivity index (χ1) is 12.0. The third kappa shape index (κ3) is 2.80. The molecule has 25 heavy (non-hydrogen) atoms. The summed E-state index contributed by atoms with van der Waals surface area (Å²) in [6, 6.07) is 9.54. The van der Waals surface area contributed by atoms with Crippen LogP contribution >= 0.6 is 0 Å². The van der Waals surface area contributed by atoms with E-state index in [9.17, 15) is 14.7 Å². The molecule has 0 saturated heterocycles. The van der Waals surface area contributed by atoms with Crippen LogP contribution in [0.1, 0.15) is 30.9 Å². The van der Waals surface area contributed by atoms with Crippen molar-refractivity contribution in [2.75, 3.05) is 12.0 Å². The summed E-state index contributed by atoms with van der Waals surface area (Å²) in [6.45, 7) is 3.47. The van der Waals surface area contributed by atoms with E-state index in [2.05, 4.69) is 0 Å². The Bertz CT molecular complexity index is 864. The topological polar surface area (TPSA) is 80.0 Å². The number of Topliss-reactive ketones (excluding diaryl/α,β-unsaturated/α-hetero) is 1. The molecule has 6 nitrogen and oxygen atoms in total. The number of benzene rings is 1. The van der Waals surface area contributed by atoms with Crippen LogP contribution in [0.3, 0.4) is 0 Å². The fourth-order valence-corrected chi connectivity index (χ4v) is 2.98. The number of ether oxygens (including phenoxy) is 1. The molecule has 0 spiro atoms. The maximum absolute atomic E-state index is 12.7. The number of methoxy groups -OCH3 is 1. The SMILES string of the molecule is CCC(=O)C1=C(O)C(=O)N(c2cccc(OC)c2)C1c1ccc(C)o1. The number of aliphatic hydroxyl groups is 1. The van der Waals surface area contributed by atoms with Crippen LogP contribution in [0.5, 0.6) is 5.75 Å². The van der Waals surface area contributed by atoms with Crippen molar-refractivity contribution >= 4 is 17.4 Å². The van der Waals surface area contributed by atoms with Crippen LogP contribution in [0.2, 0.25) is 0 Å². The molecule has 2 aromatic rings. The average Bonchev–Trinajstić information content (AvgIpc) is 3.16. The maximum Gasteiger partial charge on any atom is 0.294 e. The van der Waals surface area contributed by atoms with Crippen molar-refractivity contribution in [2.45, 2.75) is 26.3 Å². The van der Waals surface area contributed by atoms with Crippen LogP contribution in [0.25, 0.3) is 0 Å². The molecule has 1 atom stereocenters. The summed E-state index contributed by atoms with van der Waals surface area (Å²) < 4.78 is 10.9. The molecule has 130 valence electrons. The molecule has 0 radical (unpaired) electrons. The number of carbonyl (C=O) groups is 2. The van der Waals surface area contributed by atoms with E-state index in [4.69, 9.17) is 9.15 Å². The zero-order valence-electron chi connectivity index (χ0n) is 14.3. The minimum Gasteiger partial charge on any atom is -0.503 e. The predicted molar refractivity (Wildman–Crippen MR) is 91.6 cm³/mol. The lowest BCUT2D eigenvalue weighted by Crippen LogP contribution is -2.30. The van der Waals surface area contributed by atoms with Gasteiger partial charge in [0.25, 0.3) is 5.91 Å². The minimum atomic E-state index is -0.805. The number of furan rings is 1. The van der Waals surface area contributed by atoms with Crippen molar-refractivity contribution in [1.29, 1.82) is 0 Å². The molecular weight excluding hydrogens is 322 g/mol. The Balaban J connectivity index is 2.16. The molecular formula is C19H19NO5. The van der Waals surface area contributed by atoms with Gasteiger partial charge in [0, 0.05) is 18.2 Å². The third-order valence-electron chi connectivity index (χ3n) is 4.19. The smallest absolute Gasteiger partial charge is 0.294 e. The molecule has 0 bridgehead atoms. The minimum absolute atomic E-state index is 0.0599. The van der Waals surface area contributed by atoms with Crippen molar-refractivity contribution < 1.29 is 23.8 Å². The molecule has 1 aromatic heterocycles. The summed E-state index contributed by atoms with van der Waals surface area (Å²) in [5.74, 6) is 0.180. The number of amides is 1. The Hall–Kier alpha value is -3.02. The largest absolute Gasteiger partial charge is 0.503 e. The Labute approximate surface area is 145 Å². The van der Waals surface area contributed by atoms with Crippen LogP contribution in [-0.2, 0) is 9.59 Å². The van der Waals surface area contributed by atoms with Gasteiger partial charge in [-0.1, -0.05) is 13.0 Å². The number of aryl methyl sites for hydroxylation is 1. The monoisotopic (exact) mass is 341 g/mol. The highest BCUT2D eigenvalue weighted by Gasteiger charge is 2.45. The van der Waals surface area contributed by atoms with Gasteiger partial charge in [0.2, 0.25) is 0 Å². The third-order valence-corrected chi connectivity index (χ3v) is 4.19. The summed E-state index contributed by atoms with van der Waals surface area (Å²) in [7, 11) is 1.53. The van der Waals surface area contributed by atoms with E-state index in [0.717, 1.165) is 0 Å². The normalized spacial score (nSPS) is 17.3. The van der Waals surface area contributed by atoms with Crippen LogP contribution < -0.4 is 9.64 Å². The first kappa shape index (κ1) is 16.8. The summed E-state index contributed by atoms with van der Waals surface area (Å²) in [5, 5.41) is 10.4. The van der Waals surface area contributed by atoms with Crippen LogP contribution in [-0.4, -0.2) is 23.9 Å². The van der Waals surface area contributed by atoms with E-state index >= 15 is 0 Å². The van der Waals surface area contributed by atoms with Gasteiger partial charge in [-0.3, -0.25) is 14.5 Å². The number of aliphatic hydroxyl groups excluding tert-OH is 1. The second-order valence-corrected chi connectivity index (χ2v) is 5.77. The first-order valence-corrected chi connectivity index (χ1v) is 7.98. The first-order valence-electron chi connectivity index (χ1n) is 7.98. The Morgan fingerprint density at radius 1 is 1.32 bits per heavy atom. The Morgan fingerprint density at radius 3 is 2.68 bits per heavy atom. The highest BCUT2D eigenvalue weighted by Crippen LogP contribution is 2.42. The molecule has 1 N–H and O–H groups in total. The van der Waals surface area contributed by atoms with Crippen LogP contribution in [0, 0.1) is 6.92 Å². The lowest BCUT2D eigenvalue weighted by Gasteiger charge is -2.25. The van der Waals surface area contributed by atoms with Gasteiger partial charge in [-0.2, -0.15) is 0 Å². The lowest BCUT2D eigenvalue weighted by atomic mass is 9.99. The number of anilines is 1. The predicted octanol–water partition coefficient (Wildman–Crippen LogP) is 3.48. The molecule has 2 heterocycles. The van der Waals surface area contributed by atoms with E-state index in [-0.39, 0.29) is 17.8 Å². The summed E-state index contributed by atoms with van der Waals surface area (Å²) in [6.07, 6.45) is 0.175. The number of hydrogen-bond acceptors (Lipinski definition) is 5. The standard InChI is InChI=1S/C19H19NO5/c1-4-14(21)16-17(15-9-8-11(2)25-15)20(19(23)18(16)22)12-6-5-7-13(10-12)24-3/h5-10,17,22H,4H2,1-3H3. The molecule has 6 heteroatoms. The number of hydrogen-bond donors (Lipinski definition) is 1. The molecule has 3 rings (SSSR count). The van der Waals surface area contributed by atoms with Gasteiger partial charge >= 0.3 is 0 Å². The lowest BCUT2D eigenvalue weighted by molar-refractivity contribution is -0.118. The maximum atomic E-state index is 12.7. The summed E-state index contributed by atoms with van der Waals surface area (Å²) in [4.78, 5) is 26.5. The zero-order chi connectivity index (χ0) is 18.1. The van der Waals surface area contributed by atoms with Crippen molar-refractivity contribution in [2.24, 2.45) is 0 Å². The number of ketones is 1. The van der Waals surface area contributed by atoms with E-state index < -0.39 is 17.7 Å². The molecule has 1 aliphatic heterocycles.